The van der Waals surface area contributed by atoms with E-state index in [1.54, 1.807) is 0 Å². The summed E-state index contributed by atoms with van der Waals surface area (Å²) in [5.41, 5.74) is 0.890. The van der Waals surface area contributed by atoms with Crippen molar-refractivity contribution in [1.82, 2.24) is 5.32 Å². The zero-order valence-electron chi connectivity index (χ0n) is 13.4. The standard InChI is InChI=1S/C19H25NO/c1-5-20-17(18(21)19(2,3)4)13-14-10-11-15-8-6-7-9-16(15)12-14/h6-12,17,20H,5,13H2,1-4H3. The van der Waals surface area contributed by atoms with Gasteiger partial charge in [0, 0.05) is 5.41 Å². The monoisotopic (exact) mass is 283 g/mol. The Morgan fingerprint density at radius 3 is 2.38 bits per heavy atom. The molecule has 2 nitrogen and oxygen atoms in total. The van der Waals surface area contributed by atoms with Gasteiger partial charge in [-0.15, -0.1) is 0 Å². The summed E-state index contributed by atoms with van der Waals surface area (Å²) >= 11 is 0. The molecule has 1 N–H and O–H groups in total. The van der Waals surface area contributed by atoms with E-state index in [0.717, 1.165) is 13.0 Å². The van der Waals surface area contributed by atoms with Crippen LogP contribution in [-0.2, 0) is 11.2 Å². The molecule has 0 heterocycles. The van der Waals surface area contributed by atoms with Gasteiger partial charge < -0.3 is 5.32 Å². The molecular weight excluding hydrogens is 258 g/mol. The molecule has 1 unspecified atom stereocenters. The van der Waals surface area contributed by atoms with Crippen molar-refractivity contribution in [3.8, 4) is 0 Å². The Balaban J connectivity index is 2.24. The number of nitrogens with one attached hydrogen (secondary N) is 1. The Hall–Kier alpha value is -1.67. The van der Waals surface area contributed by atoms with Crippen LogP contribution in [0.3, 0.4) is 0 Å². The molecule has 1 atom stereocenters. The molecule has 0 aliphatic heterocycles. The van der Waals surface area contributed by atoms with Gasteiger partial charge in [-0.1, -0.05) is 70.2 Å². The molecule has 2 rings (SSSR count). The van der Waals surface area contributed by atoms with Crippen molar-refractivity contribution < 1.29 is 4.79 Å². The lowest BCUT2D eigenvalue weighted by molar-refractivity contribution is -0.128. The van der Waals surface area contributed by atoms with Gasteiger partial charge in [-0.2, -0.15) is 0 Å². The van der Waals surface area contributed by atoms with E-state index in [-0.39, 0.29) is 17.2 Å². The first-order chi connectivity index (χ1) is 9.91. The van der Waals surface area contributed by atoms with Gasteiger partial charge in [-0.25, -0.2) is 0 Å². The molecule has 2 aromatic rings. The highest BCUT2D eigenvalue weighted by Crippen LogP contribution is 2.21. The molecule has 2 aromatic carbocycles. The number of carbonyl (C=O) groups is 1. The highest BCUT2D eigenvalue weighted by Gasteiger charge is 2.29. The number of benzene rings is 2. The molecule has 2 heteroatoms. The molecule has 0 fully saturated rings. The summed E-state index contributed by atoms with van der Waals surface area (Å²) in [6.45, 7) is 8.81. The number of rotatable bonds is 5. The average molecular weight is 283 g/mol. The maximum Gasteiger partial charge on any atom is 0.155 e. The molecule has 0 aliphatic carbocycles. The predicted molar refractivity (Wildman–Crippen MR) is 89.6 cm³/mol. The molecular formula is C19H25NO. The summed E-state index contributed by atoms with van der Waals surface area (Å²) in [5.74, 6) is 0.275. The quantitative estimate of drug-likeness (QED) is 0.899. The Bertz CT molecular complexity index is 625. The molecule has 21 heavy (non-hydrogen) atoms. The van der Waals surface area contributed by atoms with Crippen molar-refractivity contribution in [3.63, 3.8) is 0 Å². The number of carbonyl (C=O) groups excluding carboxylic acids is 1. The summed E-state index contributed by atoms with van der Waals surface area (Å²) in [6, 6.07) is 14.7. The van der Waals surface area contributed by atoms with Crippen molar-refractivity contribution in [2.75, 3.05) is 6.54 Å². The fourth-order valence-electron chi connectivity index (χ4n) is 2.63. The van der Waals surface area contributed by atoms with E-state index in [2.05, 4.69) is 35.6 Å². The van der Waals surface area contributed by atoms with E-state index >= 15 is 0 Å². The Labute approximate surface area is 127 Å². The fraction of sp³-hybridized carbons (Fsp3) is 0.421. The summed E-state index contributed by atoms with van der Waals surface area (Å²) in [7, 11) is 0. The number of ketones is 1. The van der Waals surface area contributed by atoms with Crippen LogP contribution in [0.25, 0.3) is 10.8 Å². The molecule has 0 amide bonds. The van der Waals surface area contributed by atoms with Crippen LogP contribution in [0.5, 0.6) is 0 Å². The smallest absolute Gasteiger partial charge is 0.155 e. The molecule has 0 radical (unpaired) electrons. The number of hydrogen-bond acceptors (Lipinski definition) is 2. The van der Waals surface area contributed by atoms with Gasteiger partial charge in [0.05, 0.1) is 6.04 Å². The van der Waals surface area contributed by atoms with Gasteiger partial charge in [0.15, 0.2) is 5.78 Å². The Morgan fingerprint density at radius 2 is 1.76 bits per heavy atom. The topological polar surface area (TPSA) is 29.1 Å². The van der Waals surface area contributed by atoms with Gasteiger partial charge >= 0.3 is 0 Å². The normalized spacial score (nSPS) is 13.3. The van der Waals surface area contributed by atoms with E-state index in [4.69, 9.17) is 0 Å². The highest BCUT2D eigenvalue weighted by atomic mass is 16.1. The second-order valence-electron chi connectivity index (χ2n) is 6.61. The van der Waals surface area contributed by atoms with Gasteiger partial charge in [-0.05, 0) is 29.3 Å². The van der Waals surface area contributed by atoms with E-state index in [0.29, 0.717) is 0 Å². The highest BCUT2D eigenvalue weighted by molar-refractivity contribution is 5.89. The lowest BCUT2D eigenvalue weighted by Crippen LogP contribution is -2.44. The second-order valence-corrected chi connectivity index (χ2v) is 6.61. The lowest BCUT2D eigenvalue weighted by atomic mass is 9.84. The van der Waals surface area contributed by atoms with Gasteiger partial charge in [0.1, 0.15) is 0 Å². The molecule has 0 spiro atoms. The number of hydrogen-bond donors (Lipinski definition) is 1. The summed E-state index contributed by atoms with van der Waals surface area (Å²) in [5, 5.41) is 5.81. The van der Waals surface area contributed by atoms with Gasteiger partial charge in [0.2, 0.25) is 0 Å². The zero-order valence-corrected chi connectivity index (χ0v) is 13.4. The van der Waals surface area contributed by atoms with Crippen LogP contribution in [0, 0.1) is 5.41 Å². The number of Topliss-reactive ketones (excluding diaryl/α,β-unsaturated/α-hetero) is 1. The van der Waals surface area contributed by atoms with Crippen molar-refractivity contribution in [2.24, 2.45) is 5.41 Å². The fourth-order valence-corrected chi connectivity index (χ4v) is 2.63. The third-order valence-electron chi connectivity index (χ3n) is 3.76. The molecule has 0 saturated carbocycles. The van der Waals surface area contributed by atoms with Crippen LogP contribution in [0.1, 0.15) is 33.3 Å². The average Bonchev–Trinajstić information content (AvgIpc) is 2.45. The summed E-state index contributed by atoms with van der Waals surface area (Å²) in [4.78, 5) is 12.6. The van der Waals surface area contributed by atoms with E-state index in [1.807, 2.05) is 39.8 Å². The van der Waals surface area contributed by atoms with Gasteiger partial charge in [0.25, 0.3) is 0 Å². The van der Waals surface area contributed by atoms with Crippen LogP contribution >= 0.6 is 0 Å². The zero-order chi connectivity index (χ0) is 15.5. The largest absolute Gasteiger partial charge is 0.307 e. The van der Waals surface area contributed by atoms with Crippen LogP contribution in [0.4, 0.5) is 0 Å². The van der Waals surface area contributed by atoms with E-state index in [9.17, 15) is 4.79 Å². The minimum atomic E-state index is -0.316. The maximum atomic E-state index is 12.6. The molecule has 112 valence electrons. The first-order valence-corrected chi connectivity index (χ1v) is 7.67. The van der Waals surface area contributed by atoms with Crippen molar-refractivity contribution in [2.45, 2.75) is 40.2 Å². The predicted octanol–water partition coefficient (Wildman–Crippen LogP) is 3.98. The maximum absolute atomic E-state index is 12.6. The minimum Gasteiger partial charge on any atom is -0.307 e. The lowest BCUT2D eigenvalue weighted by Gasteiger charge is -2.25. The van der Waals surface area contributed by atoms with Crippen LogP contribution in [-0.4, -0.2) is 18.4 Å². The minimum absolute atomic E-state index is 0.115. The first kappa shape index (κ1) is 15.7. The van der Waals surface area contributed by atoms with Crippen LogP contribution in [0.15, 0.2) is 42.5 Å². The first-order valence-electron chi connectivity index (χ1n) is 7.67. The molecule has 0 saturated heterocycles. The molecule has 0 bridgehead atoms. The van der Waals surface area contributed by atoms with Crippen LogP contribution < -0.4 is 5.32 Å². The number of likely N-dealkylation sites (N-methyl/N-ethyl adjacent to an activating group) is 1. The number of fused-ring (bicyclic) bond motifs is 1. The molecule has 0 aliphatic rings. The second kappa shape index (κ2) is 6.40. The Morgan fingerprint density at radius 1 is 1.10 bits per heavy atom. The van der Waals surface area contributed by atoms with Crippen molar-refractivity contribution in [3.05, 3.63) is 48.0 Å². The SMILES string of the molecule is CCNC(Cc1ccc2ccccc2c1)C(=O)C(C)(C)C. The summed E-state index contributed by atoms with van der Waals surface area (Å²) in [6.07, 6.45) is 0.745. The van der Waals surface area contributed by atoms with E-state index in [1.165, 1.54) is 16.3 Å². The molecule has 0 aromatic heterocycles. The Kier molecular flexibility index (Phi) is 4.79. The third-order valence-corrected chi connectivity index (χ3v) is 3.76. The van der Waals surface area contributed by atoms with Gasteiger partial charge in [-0.3, -0.25) is 4.79 Å². The van der Waals surface area contributed by atoms with Crippen molar-refractivity contribution in [1.29, 1.82) is 0 Å². The summed E-state index contributed by atoms with van der Waals surface area (Å²) < 4.78 is 0. The van der Waals surface area contributed by atoms with Crippen molar-refractivity contribution >= 4 is 16.6 Å². The third kappa shape index (κ3) is 3.92. The van der Waals surface area contributed by atoms with Crippen LogP contribution in [0.2, 0.25) is 0 Å². The van der Waals surface area contributed by atoms with E-state index < -0.39 is 0 Å².